The molecule has 0 aromatic heterocycles. The van der Waals surface area contributed by atoms with Gasteiger partial charge in [-0.1, -0.05) is 69.3 Å². The summed E-state index contributed by atoms with van der Waals surface area (Å²) in [7, 11) is 1.96. The van der Waals surface area contributed by atoms with Gasteiger partial charge in [0.05, 0.1) is 7.11 Å². The van der Waals surface area contributed by atoms with Crippen molar-refractivity contribution in [3.05, 3.63) is 78.1 Å². The Morgan fingerprint density at radius 1 is 1.09 bits per heavy atom. The van der Waals surface area contributed by atoms with Crippen molar-refractivity contribution in [3.63, 3.8) is 0 Å². The van der Waals surface area contributed by atoms with Crippen molar-refractivity contribution < 1.29 is 9.13 Å². The van der Waals surface area contributed by atoms with Gasteiger partial charge >= 0.3 is 0 Å². The molecule has 2 atom stereocenters. The molecule has 0 spiro atoms. The molecule has 0 amide bonds. The van der Waals surface area contributed by atoms with Crippen LogP contribution in [0, 0.1) is 11.7 Å². The van der Waals surface area contributed by atoms with E-state index in [-0.39, 0.29) is 14.4 Å². The molecule has 1 aliphatic carbocycles. The Kier molecular flexibility index (Phi) is 5.25. The zero-order valence-electron chi connectivity index (χ0n) is 13.1. The Morgan fingerprint density at radius 2 is 1.91 bits per heavy atom. The number of halogens is 1. The fourth-order valence-corrected chi connectivity index (χ4v) is 4.09. The van der Waals surface area contributed by atoms with Crippen molar-refractivity contribution in [1.29, 1.82) is 0 Å². The van der Waals surface area contributed by atoms with Gasteiger partial charge in [-0.05, 0) is 30.4 Å². The summed E-state index contributed by atoms with van der Waals surface area (Å²) in [6.45, 7) is 0. The summed E-state index contributed by atoms with van der Waals surface area (Å²) >= 11 is 0. The molecular weight excluding hydrogens is 306 g/mol. The van der Waals surface area contributed by atoms with Gasteiger partial charge in [-0.15, -0.1) is 0 Å². The summed E-state index contributed by atoms with van der Waals surface area (Å²) in [5.41, 5.74) is 1.19. The first-order chi connectivity index (χ1) is 11.3. The molecule has 0 bridgehead atoms. The molecule has 3 heteroatoms. The van der Waals surface area contributed by atoms with Gasteiger partial charge < -0.3 is 4.74 Å². The van der Waals surface area contributed by atoms with Crippen LogP contribution in [0.2, 0.25) is 0 Å². The van der Waals surface area contributed by atoms with E-state index >= 15 is 0 Å². The average Bonchev–Trinajstić information content (AvgIpc) is 2.58. The van der Waals surface area contributed by atoms with Crippen LogP contribution >= 0.6 is 8.58 Å². The highest BCUT2D eigenvalue weighted by molar-refractivity contribution is 7.55. The van der Waals surface area contributed by atoms with E-state index in [1.807, 2.05) is 24.3 Å². The first-order valence-electron chi connectivity index (χ1n) is 7.78. The van der Waals surface area contributed by atoms with Gasteiger partial charge in [0, 0.05) is 10.6 Å². The third-order valence-electron chi connectivity index (χ3n) is 4.00. The van der Waals surface area contributed by atoms with Gasteiger partial charge in [0.1, 0.15) is 11.6 Å². The highest BCUT2D eigenvalue weighted by Crippen LogP contribution is 2.28. The Balaban J connectivity index is 1.86. The molecule has 23 heavy (non-hydrogen) atoms. The molecule has 0 saturated heterocycles. The Labute approximate surface area is 138 Å². The van der Waals surface area contributed by atoms with Gasteiger partial charge in [0.15, 0.2) is 0 Å². The van der Waals surface area contributed by atoms with Crippen LogP contribution in [0.25, 0.3) is 0 Å². The normalized spacial score (nSPS) is 17.0. The number of hydrogen-bond donors (Lipinski definition) is 0. The monoisotopic (exact) mass is 326 g/mol. The second kappa shape index (κ2) is 7.57. The number of rotatable bonds is 5. The lowest BCUT2D eigenvalue weighted by Gasteiger charge is -2.18. The lowest BCUT2D eigenvalue weighted by molar-refractivity contribution is 0.410. The van der Waals surface area contributed by atoms with Crippen molar-refractivity contribution in [1.82, 2.24) is 0 Å². The summed E-state index contributed by atoms with van der Waals surface area (Å²) in [6.07, 6.45) is 10.6. The lowest BCUT2D eigenvalue weighted by Crippen LogP contribution is -2.13. The molecule has 118 valence electrons. The van der Waals surface area contributed by atoms with E-state index in [0.717, 1.165) is 29.2 Å². The summed E-state index contributed by atoms with van der Waals surface area (Å²) in [5, 5.41) is 1.79. The van der Waals surface area contributed by atoms with E-state index in [1.54, 1.807) is 13.2 Å². The molecule has 2 aromatic rings. The topological polar surface area (TPSA) is 9.23 Å². The minimum Gasteiger partial charge on any atom is -0.496 e. The average molecular weight is 326 g/mol. The Bertz CT molecular complexity index is 736. The molecule has 0 saturated carbocycles. The number of hydrogen-bond acceptors (Lipinski definition) is 1. The van der Waals surface area contributed by atoms with E-state index in [2.05, 4.69) is 30.4 Å². The van der Waals surface area contributed by atoms with Crippen LogP contribution in [0.5, 0.6) is 5.75 Å². The summed E-state index contributed by atoms with van der Waals surface area (Å²) in [5.74, 6) is 1.25. The van der Waals surface area contributed by atoms with Gasteiger partial charge in [0.25, 0.3) is 0 Å². The van der Waals surface area contributed by atoms with E-state index in [4.69, 9.17) is 4.74 Å². The number of benzene rings is 2. The highest BCUT2D eigenvalue weighted by atomic mass is 31.1. The first-order valence-corrected chi connectivity index (χ1v) is 8.78. The van der Waals surface area contributed by atoms with Gasteiger partial charge in [-0.25, -0.2) is 4.39 Å². The summed E-state index contributed by atoms with van der Waals surface area (Å²) < 4.78 is 19.6. The lowest BCUT2D eigenvalue weighted by atomic mass is 9.93. The molecule has 0 aliphatic heterocycles. The zero-order chi connectivity index (χ0) is 16.1. The van der Waals surface area contributed by atoms with Crippen LogP contribution in [-0.4, -0.2) is 7.11 Å². The maximum Gasteiger partial charge on any atom is 0.130 e. The third kappa shape index (κ3) is 3.89. The van der Waals surface area contributed by atoms with Crippen LogP contribution in [0.15, 0.2) is 66.8 Å². The van der Waals surface area contributed by atoms with Crippen molar-refractivity contribution in [3.8, 4) is 5.75 Å². The fourth-order valence-electron chi connectivity index (χ4n) is 2.86. The molecule has 0 N–H and O–H groups in total. The molecule has 1 aliphatic rings. The number of allylic oxidation sites excluding steroid dienone is 4. The predicted octanol–water partition coefficient (Wildman–Crippen LogP) is 4.14. The van der Waals surface area contributed by atoms with Crippen molar-refractivity contribution in [2.75, 3.05) is 7.11 Å². The molecular formula is C20H20FOP. The van der Waals surface area contributed by atoms with E-state index < -0.39 is 0 Å². The van der Waals surface area contributed by atoms with Crippen LogP contribution < -0.4 is 15.3 Å². The van der Waals surface area contributed by atoms with Crippen LogP contribution in [0.1, 0.15) is 12.0 Å². The number of ether oxygens (including phenoxy) is 1. The number of methoxy groups -OCH3 is 1. The second-order valence-electron chi connectivity index (χ2n) is 5.62. The Morgan fingerprint density at radius 3 is 2.65 bits per heavy atom. The Hall–Kier alpha value is -1.92. The molecule has 2 unspecified atom stereocenters. The molecule has 0 radical (unpaired) electrons. The predicted molar refractivity (Wildman–Crippen MR) is 97.1 cm³/mol. The first kappa shape index (κ1) is 16.0. The van der Waals surface area contributed by atoms with E-state index in [1.165, 1.54) is 11.6 Å². The smallest absolute Gasteiger partial charge is 0.130 e. The molecule has 2 aromatic carbocycles. The zero-order valence-corrected chi connectivity index (χ0v) is 14.1. The van der Waals surface area contributed by atoms with E-state index in [9.17, 15) is 4.39 Å². The molecule has 1 nitrogen and oxygen atoms in total. The van der Waals surface area contributed by atoms with Crippen LogP contribution in [0.3, 0.4) is 0 Å². The highest BCUT2D eigenvalue weighted by Gasteiger charge is 2.14. The standard InChI is InChI=1S/C20H20FOP/c1-22-20-16(14-15-8-3-2-4-9-15)10-7-13-19(20)23-18-12-6-5-11-17(18)21/h2-8,10-13,15,23H,9,14H2,1H3. The van der Waals surface area contributed by atoms with Crippen LogP contribution in [-0.2, 0) is 6.42 Å². The van der Waals surface area contributed by atoms with Crippen molar-refractivity contribution in [2.45, 2.75) is 12.8 Å². The van der Waals surface area contributed by atoms with Gasteiger partial charge in [-0.2, -0.15) is 0 Å². The van der Waals surface area contributed by atoms with Crippen molar-refractivity contribution in [2.24, 2.45) is 5.92 Å². The van der Waals surface area contributed by atoms with Gasteiger partial charge in [-0.3, -0.25) is 0 Å². The fraction of sp³-hybridized carbons (Fsp3) is 0.200. The SMILES string of the molecule is COc1c(CC2C=CC=CC2)cccc1Pc1ccccc1F. The summed E-state index contributed by atoms with van der Waals surface area (Å²) in [6, 6.07) is 13.1. The minimum absolute atomic E-state index is 0.154. The molecule has 3 rings (SSSR count). The largest absolute Gasteiger partial charge is 0.496 e. The number of para-hydroxylation sites is 1. The van der Waals surface area contributed by atoms with E-state index in [0.29, 0.717) is 5.92 Å². The van der Waals surface area contributed by atoms with Crippen LogP contribution in [0.4, 0.5) is 4.39 Å². The summed E-state index contributed by atoms with van der Waals surface area (Å²) in [4.78, 5) is 0. The van der Waals surface area contributed by atoms with Gasteiger partial charge in [0.2, 0.25) is 0 Å². The maximum atomic E-state index is 13.9. The second-order valence-corrected chi connectivity index (χ2v) is 6.94. The third-order valence-corrected chi connectivity index (χ3v) is 5.33. The quantitative estimate of drug-likeness (QED) is 0.751. The molecule has 0 fully saturated rings. The maximum absolute atomic E-state index is 13.9. The molecule has 0 heterocycles. The van der Waals surface area contributed by atoms with Crippen molar-refractivity contribution >= 4 is 19.2 Å². The minimum atomic E-state index is -0.154.